The molecule has 0 bridgehead atoms. The van der Waals surface area contributed by atoms with Gasteiger partial charge < -0.3 is 4.74 Å². The molecular formula is C6H13ClO. The molecule has 0 spiro atoms. The van der Waals surface area contributed by atoms with E-state index in [4.69, 9.17) is 4.74 Å². The predicted molar refractivity (Wildman–Crippen MR) is 36.4 cm³/mol. The van der Waals surface area contributed by atoms with E-state index in [0.717, 1.165) is 13.2 Å². The highest BCUT2D eigenvalue weighted by Gasteiger charge is 1.94. The molecule has 1 saturated heterocycles. The van der Waals surface area contributed by atoms with E-state index in [9.17, 15) is 0 Å². The van der Waals surface area contributed by atoms with Crippen LogP contribution in [0.4, 0.5) is 0 Å². The SMILES string of the molecule is C1CCOCC1.CCl. The van der Waals surface area contributed by atoms with Crippen LogP contribution in [0.1, 0.15) is 19.3 Å². The average molecular weight is 137 g/mol. The molecule has 1 rings (SSSR count). The summed E-state index contributed by atoms with van der Waals surface area (Å²) in [6, 6.07) is 0. The zero-order valence-electron chi connectivity index (χ0n) is 5.32. The fourth-order valence-corrected chi connectivity index (χ4v) is 0.687. The third kappa shape index (κ3) is 4.41. The molecule has 0 aliphatic carbocycles. The Morgan fingerprint density at radius 2 is 1.50 bits per heavy atom. The second kappa shape index (κ2) is 7.25. The number of ether oxygens (including phenoxy) is 1. The van der Waals surface area contributed by atoms with Gasteiger partial charge in [-0.05, 0) is 19.3 Å². The Balaban J connectivity index is 0.000000222. The van der Waals surface area contributed by atoms with E-state index < -0.39 is 0 Å². The van der Waals surface area contributed by atoms with E-state index in [1.165, 1.54) is 25.6 Å². The molecule has 1 nitrogen and oxygen atoms in total. The average Bonchev–Trinajstić information content (AvgIpc) is 1.96. The summed E-state index contributed by atoms with van der Waals surface area (Å²) < 4.78 is 5.07. The minimum atomic E-state index is 1.00. The minimum Gasteiger partial charge on any atom is -0.381 e. The number of hydrogen-bond acceptors (Lipinski definition) is 1. The fraction of sp³-hybridized carbons (Fsp3) is 1.00. The molecule has 1 heterocycles. The molecule has 0 aromatic heterocycles. The van der Waals surface area contributed by atoms with Crippen LogP contribution >= 0.6 is 11.6 Å². The molecule has 0 N–H and O–H groups in total. The van der Waals surface area contributed by atoms with Crippen LogP contribution in [0, 0.1) is 0 Å². The lowest BCUT2D eigenvalue weighted by atomic mass is 10.2. The number of alkyl halides is 1. The van der Waals surface area contributed by atoms with Crippen molar-refractivity contribution in [3.63, 3.8) is 0 Å². The standard InChI is InChI=1S/C5H10O.CH3Cl/c1-2-4-6-5-3-1;1-2/h1-5H2;1H3. The topological polar surface area (TPSA) is 9.23 Å². The lowest BCUT2D eigenvalue weighted by molar-refractivity contribution is 0.0968. The zero-order chi connectivity index (χ0) is 6.24. The van der Waals surface area contributed by atoms with Crippen molar-refractivity contribution >= 4 is 11.6 Å². The van der Waals surface area contributed by atoms with Crippen molar-refractivity contribution in [2.24, 2.45) is 0 Å². The molecule has 0 radical (unpaired) electrons. The van der Waals surface area contributed by atoms with Crippen LogP contribution in [0.5, 0.6) is 0 Å². The highest BCUT2D eigenvalue weighted by molar-refractivity contribution is 6.15. The van der Waals surface area contributed by atoms with Crippen LogP contribution < -0.4 is 0 Å². The zero-order valence-corrected chi connectivity index (χ0v) is 6.08. The Morgan fingerprint density at radius 1 is 1.00 bits per heavy atom. The Kier molecular flexibility index (Phi) is 7.48. The predicted octanol–water partition coefficient (Wildman–Crippen LogP) is 2.04. The Morgan fingerprint density at radius 3 is 1.62 bits per heavy atom. The molecule has 8 heavy (non-hydrogen) atoms. The molecule has 0 amide bonds. The van der Waals surface area contributed by atoms with Crippen LogP contribution in [0.2, 0.25) is 0 Å². The summed E-state index contributed by atoms with van der Waals surface area (Å²) in [6.07, 6.45) is 5.40. The first kappa shape index (κ1) is 8.25. The van der Waals surface area contributed by atoms with Crippen molar-refractivity contribution in [2.45, 2.75) is 19.3 Å². The molecule has 1 aliphatic rings. The lowest BCUT2D eigenvalue weighted by Crippen LogP contribution is -2.03. The summed E-state index contributed by atoms with van der Waals surface area (Å²) >= 11 is 4.64. The quantitative estimate of drug-likeness (QED) is 0.463. The van der Waals surface area contributed by atoms with Crippen LogP contribution in [-0.2, 0) is 4.74 Å². The second-order valence-corrected chi connectivity index (χ2v) is 1.67. The van der Waals surface area contributed by atoms with Gasteiger partial charge in [0.15, 0.2) is 0 Å². The molecular weight excluding hydrogens is 124 g/mol. The van der Waals surface area contributed by atoms with E-state index in [1.54, 1.807) is 0 Å². The van der Waals surface area contributed by atoms with Gasteiger partial charge >= 0.3 is 0 Å². The second-order valence-electron chi connectivity index (χ2n) is 1.67. The Bertz CT molecular complexity index is 24.0. The lowest BCUT2D eigenvalue weighted by Gasteiger charge is -2.08. The molecule has 0 aromatic carbocycles. The van der Waals surface area contributed by atoms with E-state index in [0.29, 0.717) is 0 Å². The largest absolute Gasteiger partial charge is 0.381 e. The van der Waals surface area contributed by atoms with Crippen molar-refractivity contribution in [1.82, 2.24) is 0 Å². The Hall–Kier alpha value is 0.250. The normalized spacial score (nSPS) is 18.8. The van der Waals surface area contributed by atoms with Crippen molar-refractivity contribution in [3.05, 3.63) is 0 Å². The molecule has 1 aliphatic heterocycles. The van der Waals surface area contributed by atoms with E-state index >= 15 is 0 Å². The third-order valence-electron chi connectivity index (χ3n) is 1.08. The molecule has 0 atom stereocenters. The molecule has 0 saturated carbocycles. The van der Waals surface area contributed by atoms with Crippen molar-refractivity contribution in [3.8, 4) is 0 Å². The number of hydrogen-bond donors (Lipinski definition) is 0. The maximum Gasteiger partial charge on any atom is 0.0466 e. The monoisotopic (exact) mass is 136 g/mol. The smallest absolute Gasteiger partial charge is 0.0466 e. The number of halogens is 1. The first-order chi connectivity index (χ1) is 4.00. The number of rotatable bonds is 0. The molecule has 0 unspecified atom stereocenters. The van der Waals surface area contributed by atoms with Gasteiger partial charge in [-0.2, -0.15) is 0 Å². The molecule has 0 aromatic rings. The van der Waals surface area contributed by atoms with Gasteiger partial charge in [0.2, 0.25) is 0 Å². The van der Waals surface area contributed by atoms with E-state index in [2.05, 4.69) is 11.6 Å². The molecule has 2 heteroatoms. The summed E-state index contributed by atoms with van der Waals surface area (Å²) in [5, 5.41) is 0. The maximum absolute atomic E-state index is 5.07. The summed E-state index contributed by atoms with van der Waals surface area (Å²) in [4.78, 5) is 0. The Labute approximate surface area is 56.0 Å². The highest BCUT2D eigenvalue weighted by Crippen LogP contribution is 2.02. The molecule has 1 fully saturated rings. The maximum atomic E-state index is 5.07. The van der Waals surface area contributed by atoms with Crippen LogP contribution in [0.15, 0.2) is 0 Å². The first-order valence-electron chi connectivity index (χ1n) is 2.96. The van der Waals surface area contributed by atoms with Crippen LogP contribution in [0.3, 0.4) is 0 Å². The van der Waals surface area contributed by atoms with Gasteiger partial charge in [0, 0.05) is 19.6 Å². The van der Waals surface area contributed by atoms with Gasteiger partial charge in [0.05, 0.1) is 0 Å². The summed E-state index contributed by atoms with van der Waals surface area (Å²) in [5.74, 6) is 0. The summed E-state index contributed by atoms with van der Waals surface area (Å²) in [6.45, 7) is 2.00. The first-order valence-corrected chi connectivity index (χ1v) is 3.71. The third-order valence-corrected chi connectivity index (χ3v) is 1.08. The van der Waals surface area contributed by atoms with Crippen molar-refractivity contribution in [2.75, 3.05) is 19.6 Å². The van der Waals surface area contributed by atoms with Crippen LogP contribution in [0.25, 0.3) is 0 Å². The van der Waals surface area contributed by atoms with Gasteiger partial charge in [-0.1, -0.05) is 0 Å². The van der Waals surface area contributed by atoms with Gasteiger partial charge in [0.25, 0.3) is 0 Å². The van der Waals surface area contributed by atoms with Gasteiger partial charge in [-0.25, -0.2) is 0 Å². The van der Waals surface area contributed by atoms with Gasteiger partial charge in [0.1, 0.15) is 0 Å². The summed E-state index contributed by atoms with van der Waals surface area (Å²) in [5.41, 5.74) is 0. The van der Waals surface area contributed by atoms with Gasteiger partial charge in [-0.3, -0.25) is 0 Å². The van der Waals surface area contributed by atoms with Crippen molar-refractivity contribution < 1.29 is 4.74 Å². The molecule has 50 valence electrons. The van der Waals surface area contributed by atoms with E-state index in [1.807, 2.05) is 0 Å². The fourth-order valence-electron chi connectivity index (χ4n) is 0.687. The highest BCUT2D eigenvalue weighted by atomic mass is 35.5. The van der Waals surface area contributed by atoms with Gasteiger partial charge in [-0.15, -0.1) is 11.6 Å². The minimum absolute atomic E-state index is 1.00. The van der Waals surface area contributed by atoms with Crippen molar-refractivity contribution in [1.29, 1.82) is 0 Å². The summed E-state index contributed by atoms with van der Waals surface area (Å²) in [7, 11) is 0. The van der Waals surface area contributed by atoms with Crippen LogP contribution in [-0.4, -0.2) is 19.6 Å². The van der Waals surface area contributed by atoms with E-state index in [-0.39, 0.29) is 0 Å².